The molecule has 0 aliphatic carbocycles. The van der Waals surface area contributed by atoms with Crippen molar-refractivity contribution >= 4 is 34.1 Å². The summed E-state index contributed by atoms with van der Waals surface area (Å²) in [5.41, 5.74) is 2.05. The SMILES string of the molecule is CCC(CCl)(CCl)NCc1ccc2ncccc2c1. The van der Waals surface area contributed by atoms with E-state index < -0.39 is 0 Å². The highest BCUT2D eigenvalue weighted by Gasteiger charge is 2.25. The van der Waals surface area contributed by atoms with Gasteiger partial charge in [0.2, 0.25) is 0 Å². The van der Waals surface area contributed by atoms with Crippen LogP contribution in [0.2, 0.25) is 0 Å². The third-order valence-corrected chi connectivity index (χ3v) is 4.55. The molecule has 1 aromatic carbocycles. The summed E-state index contributed by atoms with van der Waals surface area (Å²) in [6, 6.07) is 10.3. The predicted molar refractivity (Wildman–Crippen MR) is 83.0 cm³/mol. The highest BCUT2D eigenvalue weighted by atomic mass is 35.5. The molecular formula is C15H18Cl2N2. The molecule has 2 rings (SSSR count). The first kappa shape index (κ1) is 14.6. The van der Waals surface area contributed by atoms with Crippen molar-refractivity contribution < 1.29 is 0 Å². The van der Waals surface area contributed by atoms with Gasteiger partial charge in [0.25, 0.3) is 0 Å². The molecule has 2 aromatic rings. The Balaban J connectivity index is 2.13. The van der Waals surface area contributed by atoms with Crippen molar-refractivity contribution in [2.24, 2.45) is 0 Å². The monoisotopic (exact) mass is 296 g/mol. The summed E-state index contributed by atoms with van der Waals surface area (Å²) < 4.78 is 0. The lowest BCUT2D eigenvalue weighted by atomic mass is 10.0. The van der Waals surface area contributed by atoms with Crippen molar-refractivity contribution in [3.8, 4) is 0 Å². The van der Waals surface area contributed by atoms with Crippen LogP contribution in [-0.2, 0) is 6.54 Å². The second kappa shape index (κ2) is 6.56. The molecule has 0 radical (unpaired) electrons. The largest absolute Gasteiger partial charge is 0.305 e. The molecule has 0 aliphatic heterocycles. The molecule has 2 nitrogen and oxygen atoms in total. The Morgan fingerprint density at radius 2 is 2.00 bits per heavy atom. The molecule has 102 valence electrons. The molecule has 4 heteroatoms. The molecule has 0 saturated heterocycles. The van der Waals surface area contributed by atoms with E-state index in [2.05, 4.69) is 35.4 Å². The fourth-order valence-electron chi connectivity index (χ4n) is 1.97. The van der Waals surface area contributed by atoms with E-state index >= 15 is 0 Å². The number of halogens is 2. The zero-order valence-electron chi connectivity index (χ0n) is 11.0. The summed E-state index contributed by atoms with van der Waals surface area (Å²) in [4.78, 5) is 4.32. The van der Waals surface area contributed by atoms with Crippen molar-refractivity contribution in [1.82, 2.24) is 10.3 Å². The molecule has 0 saturated carbocycles. The van der Waals surface area contributed by atoms with Gasteiger partial charge in [0.05, 0.1) is 5.52 Å². The summed E-state index contributed by atoms with van der Waals surface area (Å²) in [6.07, 6.45) is 2.72. The Bertz CT molecular complexity index is 530. The van der Waals surface area contributed by atoms with E-state index in [1.54, 1.807) is 0 Å². The maximum absolute atomic E-state index is 6.03. The van der Waals surface area contributed by atoms with Crippen LogP contribution in [0.15, 0.2) is 36.5 Å². The number of alkyl halides is 2. The molecule has 1 N–H and O–H groups in total. The Morgan fingerprint density at radius 1 is 1.21 bits per heavy atom. The molecule has 0 spiro atoms. The smallest absolute Gasteiger partial charge is 0.0702 e. The third-order valence-electron chi connectivity index (χ3n) is 3.52. The number of hydrogen-bond acceptors (Lipinski definition) is 2. The van der Waals surface area contributed by atoms with Crippen molar-refractivity contribution in [3.63, 3.8) is 0 Å². The molecule has 19 heavy (non-hydrogen) atoms. The molecule has 0 unspecified atom stereocenters. The zero-order chi connectivity index (χ0) is 13.7. The van der Waals surface area contributed by atoms with Gasteiger partial charge in [0, 0.05) is 35.4 Å². The number of pyridine rings is 1. The highest BCUT2D eigenvalue weighted by Crippen LogP contribution is 2.18. The van der Waals surface area contributed by atoms with Crippen LogP contribution in [0.3, 0.4) is 0 Å². The number of nitrogens with zero attached hydrogens (tertiary/aromatic N) is 1. The summed E-state index contributed by atoms with van der Waals surface area (Å²) >= 11 is 12.1. The quantitative estimate of drug-likeness (QED) is 0.817. The van der Waals surface area contributed by atoms with Crippen molar-refractivity contribution in [2.75, 3.05) is 11.8 Å². The topological polar surface area (TPSA) is 24.9 Å². The normalized spacial score (nSPS) is 11.9. The zero-order valence-corrected chi connectivity index (χ0v) is 12.5. The van der Waals surface area contributed by atoms with Gasteiger partial charge in [-0.1, -0.05) is 19.1 Å². The van der Waals surface area contributed by atoms with Gasteiger partial charge in [-0.3, -0.25) is 4.98 Å². The van der Waals surface area contributed by atoms with E-state index in [-0.39, 0.29) is 5.54 Å². The maximum atomic E-state index is 6.03. The molecule has 0 fully saturated rings. The van der Waals surface area contributed by atoms with Crippen LogP contribution in [-0.4, -0.2) is 22.3 Å². The average molecular weight is 297 g/mol. The van der Waals surface area contributed by atoms with Gasteiger partial charge in [-0.2, -0.15) is 0 Å². The Kier molecular flexibility index (Phi) is 5.03. The van der Waals surface area contributed by atoms with Crippen molar-refractivity contribution in [1.29, 1.82) is 0 Å². The van der Waals surface area contributed by atoms with E-state index in [1.807, 2.05) is 18.3 Å². The fourth-order valence-corrected chi connectivity index (χ4v) is 2.82. The molecule has 1 aromatic heterocycles. The van der Waals surface area contributed by atoms with Gasteiger partial charge in [0.15, 0.2) is 0 Å². The van der Waals surface area contributed by atoms with E-state index in [1.165, 1.54) is 5.56 Å². The lowest BCUT2D eigenvalue weighted by Gasteiger charge is -2.29. The minimum atomic E-state index is -0.187. The van der Waals surface area contributed by atoms with Crippen LogP contribution in [0.1, 0.15) is 18.9 Å². The van der Waals surface area contributed by atoms with Crippen molar-refractivity contribution in [3.05, 3.63) is 42.1 Å². The standard InChI is InChI=1S/C15H18Cl2N2/c1-2-15(10-16,11-17)19-9-12-5-6-14-13(8-12)4-3-7-18-14/h3-8,19H,2,9-11H2,1H3. The maximum Gasteiger partial charge on any atom is 0.0702 e. The average Bonchev–Trinajstić information content (AvgIpc) is 2.49. The second-order valence-electron chi connectivity index (χ2n) is 4.79. The van der Waals surface area contributed by atoms with Gasteiger partial charge in [-0.15, -0.1) is 23.2 Å². The highest BCUT2D eigenvalue weighted by molar-refractivity contribution is 6.22. The lowest BCUT2D eigenvalue weighted by Crippen LogP contribution is -2.47. The Hall–Kier alpha value is -0.830. The van der Waals surface area contributed by atoms with Gasteiger partial charge >= 0.3 is 0 Å². The molecule has 1 heterocycles. The third kappa shape index (κ3) is 3.38. The number of hydrogen-bond donors (Lipinski definition) is 1. The Labute approximate surface area is 124 Å². The minimum absolute atomic E-state index is 0.187. The van der Waals surface area contributed by atoms with Crippen LogP contribution in [0, 0.1) is 0 Å². The summed E-state index contributed by atoms with van der Waals surface area (Å²) in [6.45, 7) is 2.86. The second-order valence-corrected chi connectivity index (χ2v) is 5.32. The van der Waals surface area contributed by atoms with Crippen LogP contribution >= 0.6 is 23.2 Å². The van der Waals surface area contributed by atoms with E-state index in [0.717, 1.165) is 23.9 Å². The number of nitrogens with one attached hydrogen (secondary N) is 1. The van der Waals surface area contributed by atoms with Gasteiger partial charge in [-0.05, 0) is 30.2 Å². The van der Waals surface area contributed by atoms with Gasteiger partial charge < -0.3 is 5.32 Å². The van der Waals surface area contributed by atoms with Crippen LogP contribution in [0.5, 0.6) is 0 Å². The summed E-state index contributed by atoms with van der Waals surface area (Å²) in [5, 5.41) is 4.63. The van der Waals surface area contributed by atoms with E-state index in [4.69, 9.17) is 23.2 Å². The minimum Gasteiger partial charge on any atom is -0.305 e. The fraction of sp³-hybridized carbons (Fsp3) is 0.400. The number of benzene rings is 1. The van der Waals surface area contributed by atoms with Crippen LogP contribution in [0.25, 0.3) is 10.9 Å². The van der Waals surface area contributed by atoms with Crippen molar-refractivity contribution in [2.45, 2.75) is 25.4 Å². The van der Waals surface area contributed by atoms with E-state index in [0.29, 0.717) is 11.8 Å². The van der Waals surface area contributed by atoms with Crippen LogP contribution < -0.4 is 5.32 Å². The van der Waals surface area contributed by atoms with E-state index in [9.17, 15) is 0 Å². The number of fused-ring (bicyclic) bond motifs is 1. The first-order valence-electron chi connectivity index (χ1n) is 6.43. The lowest BCUT2D eigenvalue weighted by molar-refractivity contribution is 0.385. The first-order valence-corrected chi connectivity index (χ1v) is 7.50. The molecule has 0 bridgehead atoms. The first-order chi connectivity index (χ1) is 9.23. The molecular weight excluding hydrogens is 279 g/mol. The molecule has 0 atom stereocenters. The van der Waals surface area contributed by atoms with Gasteiger partial charge in [0.1, 0.15) is 0 Å². The number of rotatable bonds is 6. The van der Waals surface area contributed by atoms with Gasteiger partial charge in [-0.25, -0.2) is 0 Å². The summed E-state index contributed by atoms with van der Waals surface area (Å²) in [5.74, 6) is 1.03. The Morgan fingerprint density at radius 3 is 2.68 bits per heavy atom. The molecule has 0 amide bonds. The van der Waals surface area contributed by atoms with Crippen LogP contribution in [0.4, 0.5) is 0 Å². The summed E-state index contributed by atoms with van der Waals surface area (Å²) in [7, 11) is 0. The molecule has 0 aliphatic rings. The number of aromatic nitrogens is 1. The predicted octanol–water partition coefficient (Wildman–Crippen LogP) is 3.95.